The molecule has 1 heterocycles. The van der Waals surface area contributed by atoms with E-state index in [1.54, 1.807) is 32.3 Å². The van der Waals surface area contributed by atoms with Gasteiger partial charge in [0.2, 0.25) is 0 Å². The second-order valence-corrected chi connectivity index (χ2v) is 7.10. The average Bonchev–Trinajstić information content (AvgIpc) is 2.91. The van der Waals surface area contributed by atoms with Crippen molar-refractivity contribution in [2.45, 2.75) is 47.0 Å². The van der Waals surface area contributed by atoms with Crippen LogP contribution in [0, 0.1) is 10.8 Å². The maximum Gasteiger partial charge on any atom is 0.324 e. The molecule has 6 heteroatoms. The lowest BCUT2D eigenvalue weighted by Crippen LogP contribution is -2.51. The zero-order valence-corrected chi connectivity index (χ0v) is 16.2. The number of nitrogens with zero attached hydrogens (tertiary/aromatic N) is 2. The summed E-state index contributed by atoms with van der Waals surface area (Å²) in [5.41, 5.74) is -1.99. The van der Waals surface area contributed by atoms with E-state index >= 15 is 0 Å². The zero-order chi connectivity index (χ0) is 19.3. The molecule has 140 valence electrons. The molecule has 0 aromatic carbocycles. The topological polar surface area (TPSA) is 70.4 Å². The van der Waals surface area contributed by atoms with Crippen molar-refractivity contribution in [3.63, 3.8) is 0 Å². The van der Waals surface area contributed by atoms with E-state index in [1.165, 1.54) is 0 Å². The first-order valence-electron chi connectivity index (χ1n) is 8.59. The molecule has 0 amide bonds. The molecular weight excluding hydrogens is 320 g/mol. The van der Waals surface area contributed by atoms with Crippen molar-refractivity contribution in [2.75, 3.05) is 13.2 Å². The van der Waals surface area contributed by atoms with Crippen molar-refractivity contribution in [3.05, 3.63) is 30.9 Å². The minimum Gasteiger partial charge on any atom is -0.465 e. The highest BCUT2D eigenvalue weighted by molar-refractivity contribution is 6.01. The summed E-state index contributed by atoms with van der Waals surface area (Å²) in [7, 11) is 1.84. The number of rotatable bonds is 8. The number of hydrogen-bond donors (Lipinski definition) is 0. The summed E-state index contributed by atoms with van der Waals surface area (Å²) < 4.78 is 12.5. The summed E-state index contributed by atoms with van der Waals surface area (Å²) in [6, 6.07) is 0. The Balaban J connectivity index is 3.73. The van der Waals surface area contributed by atoms with Crippen LogP contribution in [0.1, 0.15) is 52.8 Å². The third-order valence-electron chi connectivity index (χ3n) is 4.22. The lowest BCUT2D eigenvalue weighted by Gasteiger charge is -2.42. The maximum absolute atomic E-state index is 13.1. The van der Waals surface area contributed by atoms with E-state index in [1.807, 2.05) is 32.4 Å². The van der Waals surface area contributed by atoms with Crippen LogP contribution in [0.2, 0.25) is 0 Å². The van der Waals surface area contributed by atoms with Crippen LogP contribution in [-0.4, -0.2) is 34.7 Å². The van der Waals surface area contributed by atoms with Gasteiger partial charge in [0, 0.05) is 25.4 Å². The summed E-state index contributed by atoms with van der Waals surface area (Å²) in [4.78, 5) is 30.5. The van der Waals surface area contributed by atoms with Gasteiger partial charge in [0.25, 0.3) is 0 Å². The highest BCUT2D eigenvalue weighted by Gasteiger charge is 2.59. The van der Waals surface area contributed by atoms with Gasteiger partial charge in [-0.25, -0.2) is 4.98 Å². The second kappa shape index (κ2) is 8.32. The fourth-order valence-corrected chi connectivity index (χ4v) is 3.35. The minimum atomic E-state index is -1.54. The first kappa shape index (κ1) is 20.9. The molecule has 6 nitrogen and oxygen atoms in total. The predicted molar refractivity (Wildman–Crippen MR) is 95.9 cm³/mol. The lowest BCUT2D eigenvalue weighted by molar-refractivity contribution is -0.177. The molecule has 0 radical (unpaired) electrons. The Kier molecular flexibility index (Phi) is 6.96. The Morgan fingerprint density at radius 1 is 1.24 bits per heavy atom. The minimum absolute atomic E-state index is 0.111. The Morgan fingerprint density at radius 2 is 1.76 bits per heavy atom. The molecule has 1 unspecified atom stereocenters. The number of carbonyl (C=O) groups is 2. The van der Waals surface area contributed by atoms with Crippen molar-refractivity contribution >= 4 is 11.9 Å². The van der Waals surface area contributed by atoms with Crippen LogP contribution < -0.4 is 0 Å². The van der Waals surface area contributed by atoms with Gasteiger partial charge in [0.1, 0.15) is 5.82 Å². The van der Waals surface area contributed by atoms with Crippen LogP contribution in [-0.2, 0) is 26.1 Å². The van der Waals surface area contributed by atoms with Gasteiger partial charge < -0.3 is 14.0 Å². The number of ether oxygens (including phenoxy) is 2. The van der Waals surface area contributed by atoms with Crippen molar-refractivity contribution in [1.82, 2.24) is 9.55 Å². The largest absolute Gasteiger partial charge is 0.465 e. The monoisotopic (exact) mass is 350 g/mol. The van der Waals surface area contributed by atoms with Gasteiger partial charge in [-0.3, -0.25) is 9.59 Å². The maximum atomic E-state index is 13.1. The summed E-state index contributed by atoms with van der Waals surface area (Å²) in [6.07, 6.45) is 5.13. The molecule has 1 atom stereocenters. The fourth-order valence-electron chi connectivity index (χ4n) is 3.35. The van der Waals surface area contributed by atoms with Crippen LogP contribution >= 0.6 is 0 Å². The van der Waals surface area contributed by atoms with Crippen LogP contribution in [0.4, 0.5) is 0 Å². The highest BCUT2D eigenvalue weighted by Crippen LogP contribution is 2.51. The number of hydrogen-bond acceptors (Lipinski definition) is 5. The average molecular weight is 350 g/mol. The molecule has 0 aliphatic rings. The quantitative estimate of drug-likeness (QED) is 0.409. The third kappa shape index (κ3) is 4.11. The Morgan fingerprint density at radius 3 is 2.08 bits per heavy atom. The van der Waals surface area contributed by atoms with E-state index in [2.05, 4.69) is 11.6 Å². The molecule has 0 saturated heterocycles. The van der Waals surface area contributed by atoms with Crippen LogP contribution in [0.15, 0.2) is 25.0 Å². The van der Waals surface area contributed by atoms with Gasteiger partial charge >= 0.3 is 11.9 Å². The molecule has 0 saturated carbocycles. The van der Waals surface area contributed by atoms with Gasteiger partial charge in [-0.1, -0.05) is 26.8 Å². The third-order valence-corrected chi connectivity index (χ3v) is 4.22. The van der Waals surface area contributed by atoms with E-state index < -0.39 is 28.7 Å². The molecule has 0 N–H and O–H groups in total. The molecule has 0 fully saturated rings. The summed E-state index contributed by atoms with van der Waals surface area (Å²) >= 11 is 0. The first-order valence-corrected chi connectivity index (χ1v) is 8.59. The van der Waals surface area contributed by atoms with Crippen molar-refractivity contribution < 1.29 is 19.1 Å². The summed E-state index contributed by atoms with van der Waals surface area (Å²) in [5.74, 6) is -1.11. The van der Waals surface area contributed by atoms with Gasteiger partial charge in [0.05, 0.1) is 13.2 Å². The van der Waals surface area contributed by atoms with Crippen molar-refractivity contribution in [3.8, 4) is 0 Å². The lowest BCUT2D eigenvalue weighted by atomic mass is 9.61. The van der Waals surface area contributed by atoms with E-state index in [-0.39, 0.29) is 19.6 Å². The van der Waals surface area contributed by atoms with Gasteiger partial charge in [-0.15, -0.1) is 6.58 Å². The SMILES string of the molecule is C=CCC(C(=O)OCC)(C(=O)OCC)C(c1nccn1C)C(C)(C)C. The van der Waals surface area contributed by atoms with E-state index in [0.717, 1.165) is 0 Å². The van der Waals surface area contributed by atoms with Crippen LogP contribution in [0.25, 0.3) is 0 Å². The highest BCUT2D eigenvalue weighted by atomic mass is 16.6. The summed E-state index contributed by atoms with van der Waals surface area (Å²) in [5, 5.41) is 0. The second-order valence-electron chi connectivity index (χ2n) is 7.10. The van der Waals surface area contributed by atoms with Crippen LogP contribution in [0.5, 0.6) is 0 Å². The molecule has 0 spiro atoms. The first-order chi connectivity index (χ1) is 11.7. The molecule has 1 rings (SSSR count). The number of aromatic nitrogens is 2. The zero-order valence-electron chi connectivity index (χ0n) is 16.2. The Labute approximate surface area is 150 Å². The standard InChI is InChI=1S/C19H30N2O4/c1-8-11-19(16(22)24-9-2,17(23)25-10-3)14(18(4,5)6)15-20-12-13-21(15)7/h8,12-14H,1,9-11H2,2-7H3. The van der Waals surface area contributed by atoms with Crippen LogP contribution in [0.3, 0.4) is 0 Å². The van der Waals surface area contributed by atoms with Gasteiger partial charge in [0.15, 0.2) is 5.41 Å². The number of imidazole rings is 1. The molecule has 25 heavy (non-hydrogen) atoms. The van der Waals surface area contributed by atoms with Crippen molar-refractivity contribution in [2.24, 2.45) is 17.9 Å². The summed E-state index contributed by atoms with van der Waals surface area (Å²) in [6.45, 7) is 13.5. The fraction of sp³-hybridized carbons (Fsp3) is 0.632. The van der Waals surface area contributed by atoms with Gasteiger partial charge in [-0.2, -0.15) is 0 Å². The Hall–Kier alpha value is -2.11. The van der Waals surface area contributed by atoms with E-state index in [0.29, 0.717) is 5.82 Å². The van der Waals surface area contributed by atoms with Gasteiger partial charge in [-0.05, 0) is 25.7 Å². The molecule has 0 aliphatic heterocycles. The normalized spacial score (nSPS) is 13.2. The Bertz CT molecular complexity index is 595. The number of esters is 2. The molecular formula is C19H30N2O4. The van der Waals surface area contributed by atoms with E-state index in [4.69, 9.17) is 9.47 Å². The molecule has 1 aromatic rings. The van der Waals surface area contributed by atoms with Crippen molar-refractivity contribution in [1.29, 1.82) is 0 Å². The number of carbonyl (C=O) groups excluding carboxylic acids is 2. The smallest absolute Gasteiger partial charge is 0.324 e. The number of aryl methyl sites for hydroxylation is 1. The number of allylic oxidation sites excluding steroid dienone is 1. The molecule has 1 aromatic heterocycles. The predicted octanol–water partition coefficient (Wildman–Crippen LogP) is 3.24. The van der Waals surface area contributed by atoms with E-state index in [9.17, 15) is 9.59 Å². The molecule has 0 bridgehead atoms. The molecule has 0 aliphatic carbocycles.